The van der Waals surface area contributed by atoms with E-state index >= 15 is 0 Å². The van der Waals surface area contributed by atoms with Crippen LogP contribution >= 0.6 is 0 Å². The lowest BCUT2D eigenvalue weighted by molar-refractivity contribution is -0.148. The Labute approximate surface area is 120 Å². The lowest BCUT2D eigenvalue weighted by atomic mass is 10.1. The van der Waals surface area contributed by atoms with Gasteiger partial charge in [0, 0.05) is 18.7 Å². The molecule has 0 aliphatic carbocycles. The van der Waals surface area contributed by atoms with Crippen LogP contribution in [0.15, 0.2) is 12.1 Å². The fourth-order valence-corrected chi connectivity index (χ4v) is 2.31. The van der Waals surface area contributed by atoms with E-state index in [2.05, 4.69) is 4.74 Å². The maximum absolute atomic E-state index is 14.0. The average Bonchev–Trinajstić information content (AvgIpc) is 2.80. The summed E-state index contributed by atoms with van der Waals surface area (Å²) in [6.45, 7) is 2.01. The van der Waals surface area contributed by atoms with E-state index in [0.717, 1.165) is 24.1 Å². The molecule has 1 aromatic carbocycles. The van der Waals surface area contributed by atoms with Gasteiger partial charge in [-0.3, -0.25) is 9.59 Å². The highest BCUT2D eigenvalue weighted by Gasteiger charge is 2.40. The van der Waals surface area contributed by atoms with Crippen LogP contribution in [0.1, 0.15) is 13.3 Å². The number of ether oxygens (including phenoxy) is 2. The van der Waals surface area contributed by atoms with Gasteiger partial charge in [-0.05, 0) is 13.3 Å². The highest BCUT2D eigenvalue weighted by Crippen LogP contribution is 2.33. The molecule has 1 amide bonds. The first-order chi connectivity index (χ1) is 9.99. The number of carbonyl (C=O) groups excluding carboxylic acids is 2. The molecule has 21 heavy (non-hydrogen) atoms. The van der Waals surface area contributed by atoms with Crippen LogP contribution in [0.2, 0.25) is 0 Å². The van der Waals surface area contributed by atoms with Crippen molar-refractivity contribution in [1.29, 1.82) is 0 Å². The van der Waals surface area contributed by atoms with Gasteiger partial charge < -0.3 is 14.4 Å². The van der Waals surface area contributed by atoms with E-state index in [4.69, 9.17) is 4.74 Å². The molecule has 1 atom stereocenters. The Hall–Kier alpha value is -2.18. The molecular weight excluding hydrogens is 284 g/mol. The quantitative estimate of drug-likeness (QED) is 0.629. The highest BCUT2D eigenvalue weighted by atomic mass is 19.1. The molecule has 0 radical (unpaired) electrons. The molecule has 1 aromatic rings. The van der Waals surface area contributed by atoms with Gasteiger partial charge in [-0.2, -0.15) is 0 Å². The second-order valence-corrected chi connectivity index (χ2v) is 4.52. The van der Waals surface area contributed by atoms with Crippen LogP contribution in [-0.2, 0) is 14.3 Å². The van der Waals surface area contributed by atoms with E-state index in [1.807, 2.05) is 0 Å². The smallest absolute Gasteiger partial charge is 0.318 e. The number of methoxy groups -OCH3 is 1. The van der Waals surface area contributed by atoms with Gasteiger partial charge in [0.1, 0.15) is 17.4 Å². The molecule has 0 spiro atoms. The van der Waals surface area contributed by atoms with Crippen molar-refractivity contribution in [3.05, 3.63) is 23.8 Å². The maximum Gasteiger partial charge on any atom is 0.318 e. The maximum atomic E-state index is 14.0. The lowest BCUT2D eigenvalue weighted by Crippen LogP contribution is -2.32. The number of carbonyl (C=O) groups is 2. The number of hydrogen-bond acceptors (Lipinski definition) is 4. The first-order valence-corrected chi connectivity index (χ1v) is 6.50. The molecule has 0 N–H and O–H groups in total. The largest absolute Gasteiger partial charge is 0.494 e. The molecule has 1 unspecified atom stereocenters. The average molecular weight is 299 g/mol. The number of hydrogen-bond donors (Lipinski definition) is 0. The standard InChI is InChI=1S/C14H15F2NO4/c1-3-21-8-6-10(15)12(11(16)7-8)17-5-4-9(13(17)18)14(19)20-2/h6-7,9H,3-5H2,1-2H3. The van der Waals surface area contributed by atoms with Crippen LogP contribution in [0, 0.1) is 17.6 Å². The third kappa shape index (κ3) is 2.81. The van der Waals surface area contributed by atoms with Gasteiger partial charge in [-0.15, -0.1) is 0 Å². The van der Waals surface area contributed by atoms with E-state index < -0.39 is 35.1 Å². The summed E-state index contributed by atoms with van der Waals surface area (Å²) in [7, 11) is 1.16. The Balaban J connectivity index is 2.31. The molecule has 114 valence electrons. The highest BCUT2D eigenvalue weighted by molar-refractivity contribution is 6.08. The van der Waals surface area contributed by atoms with Crippen molar-refractivity contribution in [3.63, 3.8) is 0 Å². The summed E-state index contributed by atoms with van der Waals surface area (Å²) in [4.78, 5) is 24.4. The Morgan fingerprint density at radius 2 is 2.00 bits per heavy atom. The zero-order valence-corrected chi connectivity index (χ0v) is 11.7. The van der Waals surface area contributed by atoms with Crippen molar-refractivity contribution in [3.8, 4) is 5.75 Å². The number of nitrogens with zero attached hydrogens (tertiary/aromatic N) is 1. The number of esters is 1. The van der Waals surface area contributed by atoms with Gasteiger partial charge in [-0.1, -0.05) is 0 Å². The molecule has 1 aliphatic heterocycles. The molecule has 1 fully saturated rings. The summed E-state index contributed by atoms with van der Waals surface area (Å²) in [6, 6.07) is 2.03. The Kier molecular flexibility index (Phi) is 4.40. The van der Waals surface area contributed by atoms with Crippen molar-refractivity contribution in [1.82, 2.24) is 0 Å². The number of halogens is 2. The molecule has 1 saturated heterocycles. The Morgan fingerprint density at radius 1 is 1.38 bits per heavy atom. The third-order valence-corrected chi connectivity index (χ3v) is 3.26. The first-order valence-electron chi connectivity index (χ1n) is 6.50. The summed E-state index contributed by atoms with van der Waals surface area (Å²) in [5, 5.41) is 0. The number of rotatable bonds is 4. The van der Waals surface area contributed by atoms with E-state index in [1.54, 1.807) is 6.92 Å². The van der Waals surface area contributed by atoms with E-state index in [-0.39, 0.29) is 25.3 Å². The van der Waals surface area contributed by atoms with Crippen molar-refractivity contribution in [2.24, 2.45) is 5.92 Å². The minimum atomic E-state index is -1.01. The molecule has 5 nitrogen and oxygen atoms in total. The number of benzene rings is 1. The summed E-state index contributed by atoms with van der Waals surface area (Å²) in [6.07, 6.45) is 0.164. The second kappa shape index (κ2) is 6.07. The van der Waals surface area contributed by atoms with E-state index in [9.17, 15) is 18.4 Å². The number of amides is 1. The molecular formula is C14H15F2NO4. The lowest BCUT2D eigenvalue weighted by Gasteiger charge is -2.18. The van der Waals surface area contributed by atoms with Crippen LogP contribution < -0.4 is 9.64 Å². The van der Waals surface area contributed by atoms with Gasteiger partial charge in [-0.25, -0.2) is 8.78 Å². The Morgan fingerprint density at radius 3 is 2.52 bits per heavy atom. The van der Waals surface area contributed by atoms with Crippen molar-refractivity contribution < 1.29 is 27.8 Å². The zero-order valence-electron chi connectivity index (χ0n) is 11.7. The van der Waals surface area contributed by atoms with Crippen LogP contribution in [0.3, 0.4) is 0 Å². The summed E-state index contributed by atoms with van der Waals surface area (Å²) in [5.41, 5.74) is -0.463. The molecule has 0 saturated carbocycles. The summed E-state index contributed by atoms with van der Waals surface area (Å²) < 4.78 is 37.6. The molecule has 1 heterocycles. The molecule has 2 rings (SSSR count). The predicted molar refractivity (Wildman–Crippen MR) is 70.0 cm³/mol. The normalized spacial score (nSPS) is 18.0. The molecule has 7 heteroatoms. The third-order valence-electron chi connectivity index (χ3n) is 3.26. The number of anilines is 1. The van der Waals surface area contributed by atoms with Crippen molar-refractivity contribution in [2.45, 2.75) is 13.3 Å². The fraction of sp³-hybridized carbons (Fsp3) is 0.429. The van der Waals surface area contributed by atoms with E-state index in [1.165, 1.54) is 0 Å². The summed E-state index contributed by atoms with van der Waals surface area (Å²) in [5.74, 6) is -4.14. The minimum Gasteiger partial charge on any atom is -0.494 e. The second-order valence-electron chi connectivity index (χ2n) is 4.52. The van der Waals surface area contributed by atoms with Crippen molar-refractivity contribution >= 4 is 17.6 Å². The monoisotopic (exact) mass is 299 g/mol. The zero-order chi connectivity index (χ0) is 15.6. The van der Waals surface area contributed by atoms with Crippen LogP contribution in [-0.4, -0.2) is 32.1 Å². The molecule has 0 bridgehead atoms. The van der Waals surface area contributed by atoms with Gasteiger partial charge in [0.2, 0.25) is 5.91 Å². The van der Waals surface area contributed by atoms with Crippen LogP contribution in [0.25, 0.3) is 0 Å². The van der Waals surface area contributed by atoms with Gasteiger partial charge >= 0.3 is 5.97 Å². The van der Waals surface area contributed by atoms with Gasteiger partial charge in [0.15, 0.2) is 11.6 Å². The first kappa shape index (κ1) is 15.2. The molecule has 0 aromatic heterocycles. The van der Waals surface area contributed by atoms with Gasteiger partial charge in [0.25, 0.3) is 0 Å². The van der Waals surface area contributed by atoms with Crippen LogP contribution in [0.5, 0.6) is 5.75 Å². The van der Waals surface area contributed by atoms with Gasteiger partial charge in [0.05, 0.1) is 13.7 Å². The van der Waals surface area contributed by atoms with E-state index in [0.29, 0.717) is 0 Å². The topological polar surface area (TPSA) is 55.8 Å². The minimum absolute atomic E-state index is 0.0485. The summed E-state index contributed by atoms with van der Waals surface area (Å²) >= 11 is 0. The predicted octanol–water partition coefficient (Wildman–Crippen LogP) is 1.89. The SMILES string of the molecule is CCOc1cc(F)c(N2CCC(C(=O)OC)C2=O)c(F)c1. The fourth-order valence-electron chi connectivity index (χ4n) is 2.31. The van der Waals surface area contributed by atoms with Crippen LogP contribution in [0.4, 0.5) is 14.5 Å². The Bertz CT molecular complexity index is 553. The van der Waals surface area contributed by atoms with Crippen molar-refractivity contribution in [2.75, 3.05) is 25.2 Å². The molecule has 1 aliphatic rings.